The molecular formula is C14H13NO5. The Kier molecular flexibility index (Phi) is 3.84. The number of hydrogen-bond donors (Lipinski definition) is 1. The molecule has 0 amide bonds. The highest BCUT2D eigenvalue weighted by atomic mass is 16.5. The number of ether oxygens (including phenoxy) is 1. The molecule has 0 aliphatic carbocycles. The van der Waals surface area contributed by atoms with Crippen LogP contribution in [0.25, 0.3) is 0 Å². The zero-order valence-electron chi connectivity index (χ0n) is 11.1. The Hall–Kier alpha value is -2.63. The van der Waals surface area contributed by atoms with E-state index in [9.17, 15) is 14.4 Å². The van der Waals surface area contributed by atoms with Crippen molar-refractivity contribution in [2.45, 2.75) is 13.8 Å². The van der Waals surface area contributed by atoms with Gasteiger partial charge in [0.25, 0.3) is 0 Å². The Labute approximate surface area is 114 Å². The van der Waals surface area contributed by atoms with Gasteiger partial charge in [-0.2, -0.15) is 0 Å². The zero-order valence-corrected chi connectivity index (χ0v) is 11.1. The van der Waals surface area contributed by atoms with Crippen molar-refractivity contribution in [3.63, 3.8) is 0 Å². The van der Waals surface area contributed by atoms with E-state index in [2.05, 4.69) is 9.68 Å². The molecule has 1 N–H and O–H groups in total. The first kappa shape index (κ1) is 13.8. The smallest absolute Gasteiger partial charge is 0.369 e. The van der Waals surface area contributed by atoms with Crippen LogP contribution in [0.2, 0.25) is 0 Å². The second-order valence-corrected chi connectivity index (χ2v) is 4.16. The Morgan fingerprint density at radius 3 is 2.75 bits per heavy atom. The highest BCUT2D eigenvalue weighted by Crippen LogP contribution is 2.12. The molecule has 0 radical (unpaired) electrons. The van der Waals surface area contributed by atoms with E-state index in [0.29, 0.717) is 5.56 Å². The van der Waals surface area contributed by atoms with Gasteiger partial charge in [-0.05, 0) is 19.9 Å². The molecule has 6 heteroatoms. The molecule has 0 saturated carbocycles. The van der Waals surface area contributed by atoms with E-state index < -0.39 is 17.4 Å². The molecule has 104 valence electrons. The molecule has 6 nitrogen and oxygen atoms in total. The highest BCUT2D eigenvalue weighted by Gasteiger charge is 2.26. The van der Waals surface area contributed by atoms with Gasteiger partial charge in [0.2, 0.25) is 5.78 Å². The number of aryl methyl sites for hydroxylation is 1. The Morgan fingerprint density at radius 1 is 1.35 bits per heavy atom. The van der Waals surface area contributed by atoms with Gasteiger partial charge in [-0.15, -0.1) is 0 Å². The van der Waals surface area contributed by atoms with Crippen LogP contribution >= 0.6 is 0 Å². The molecule has 0 aliphatic rings. The minimum absolute atomic E-state index is 0.129. The monoisotopic (exact) mass is 275 g/mol. The summed E-state index contributed by atoms with van der Waals surface area (Å²) in [4.78, 5) is 35.6. The van der Waals surface area contributed by atoms with E-state index in [1.165, 1.54) is 0 Å². The fraction of sp³-hybridized carbons (Fsp3) is 0.214. The van der Waals surface area contributed by atoms with Gasteiger partial charge in [0, 0.05) is 5.56 Å². The average molecular weight is 275 g/mol. The number of carbonyl (C=O) groups is 2. The number of carbonyl (C=O) groups excluding carboxylic acids is 2. The van der Waals surface area contributed by atoms with E-state index in [-0.39, 0.29) is 17.9 Å². The molecule has 0 aliphatic heterocycles. The van der Waals surface area contributed by atoms with Crippen molar-refractivity contribution in [1.82, 2.24) is 5.16 Å². The van der Waals surface area contributed by atoms with Crippen molar-refractivity contribution >= 4 is 11.8 Å². The third-order valence-electron chi connectivity index (χ3n) is 2.69. The lowest BCUT2D eigenvalue weighted by molar-refractivity contribution is 0.0512. The topological polar surface area (TPSA) is 89.4 Å². The van der Waals surface area contributed by atoms with Crippen LogP contribution in [0.15, 0.2) is 33.6 Å². The Balaban J connectivity index is 2.47. The summed E-state index contributed by atoms with van der Waals surface area (Å²) in [5.41, 5.74) is -0.312. The molecular weight excluding hydrogens is 262 g/mol. The van der Waals surface area contributed by atoms with Crippen LogP contribution in [0.4, 0.5) is 0 Å². The summed E-state index contributed by atoms with van der Waals surface area (Å²) in [7, 11) is 0. The van der Waals surface area contributed by atoms with Crippen molar-refractivity contribution in [3.8, 4) is 0 Å². The van der Waals surface area contributed by atoms with Crippen LogP contribution in [0.5, 0.6) is 0 Å². The molecule has 0 unspecified atom stereocenters. The molecule has 20 heavy (non-hydrogen) atoms. The van der Waals surface area contributed by atoms with Crippen LogP contribution in [0.1, 0.15) is 38.9 Å². The summed E-state index contributed by atoms with van der Waals surface area (Å²) in [5.74, 6) is -1.37. The number of aromatic amines is 1. The minimum atomic E-state index is -0.889. The first-order chi connectivity index (χ1) is 9.54. The maximum atomic E-state index is 12.3. The quantitative estimate of drug-likeness (QED) is 0.677. The zero-order chi connectivity index (χ0) is 14.7. The summed E-state index contributed by atoms with van der Waals surface area (Å²) >= 11 is 0. The van der Waals surface area contributed by atoms with Gasteiger partial charge in [-0.1, -0.05) is 23.8 Å². The number of ketones is 1. The maximum absolute atomic E-state index is 12.3. The SMILES string of the molecule is CCOC(=O)c1[nH]oc(=O)c1C(=O)c1cccc(C)c1. The van der Waals surface area contributed by atoms with E-state index in [1.54, 1.807) is 25.1 Å². The maximum Gasteiger partial charge on any atom is 0.369 e. The average Bonchev–Trinajstić information content (AvgIpc) is 2.80. The van der Waals surface area contributed by atoms with Gasteiger partial charge in [-0.25, -0.2) is 14.7 Å². The largest absolute Gasteiger partial charge is 0.461 e. The second kappa shape index (κ2) is 5.56. The summed E-state index contributed by atoms with van der Waals surface area (Å²) in [5, 5.41) is 2.14. The van der Waals surface area contributed by atoms with E-state index >= 15 is 0 Å². The van der Waals surface area contributed by atoms with E-state index in [0.717, 1.165) is 5.56 Å². The molecule has 0 bridgehead atoms. The molecule has 1 aromatic carbocycles. The lowest BCUT2D eigenvalue weighted by Crippen LogP contribution is -2.17. The van der Waals surface area contributed by atoms with Crippen molar-refractivity contribution in [3.05, 3.63) is 57.1 Å². The third kappa shape index (κ3) is 2.54. The standard InChI is InChI=1S/C14H13NO5/c1-3-19-14(18)11-10(13(17)20-15-11)12(16)9-6-4-5-8(2)7-9/h4-7,15H,3H2,1-2H3. The third-order valence-corrected chi connectivity index (χ3v) is 2.69. The van der Waals surface area contributed by atoms with Gasteiger partial charge in [-0.3, -0.25) is 4.79 Å². The first-order valence-electron chi connectivity index (χ1n) is 6.04. The second-order valence-electron chi connectivity index (χ2n) is 4.16. The van der Waals surface area contributed by atoms with Crippen molar-refractivity contribution in [1.29, 1.82) is 0 Å². The first-order valence-corrected chi connectivity index (χ1v) is 6.04. The number of aromatic nitrogens is 1. The van der Waals surface area contributed by atoms with Gasteiger partial charge in [0.05, 0.1) is 6.61 Å². The van der Waals surface area contributed by atoms with Crippen molar-refractivity contribution in [2.24, 2.45) is 0 Å². The normalized spacial score (nSPS) is 10.3. The molecule has 0 atom stereocenters. The van der Waals surface area contributed by atoms with Crippen LogP contribution in [0.3, 0.4) is 0 Å². The van der Waals surface area contributed by atoms with Crippen molar-refractivity contribution < 1.29 is 18.8 Å². The molecule has 2 aromatic rings. The summed E-state index contributed by atoms with van der Waals surface area (Å²) in [6.45, 7) is 3.57. The number of esters is 1. The summed E-state index contributed by atoms with van der Waals surface area (Å²) in [6, 6.07) is 6.71. The van der Waals surface area contributed by atoms with Crippen LogP contribution < -0.4 is 5.63 Å². The van der Waals surface area contributed by atoms with Gasteiger partial charge in [0.1, 0.15) is 5.56 Å². The molecule has 1 aromatic heterocycles. The van der Waals surface area contributed by atoms with Gasteiger partial charge >= 0.3 is 11.6 Å². The minimum Gasteiger partial charge on any atom is -0.461 e. The highest BCUT2D eigenvalue weighted by molar-refractivity contribution is 6.13. The molecule has 0 spiro atoms. The molecule has 2 rings (SSSR count). The number of hydrogen-bond acceptors (Lipinski definition) is 5. The van der Waals surface area contributed by atoms with Crippen LogP contribution in [0, 0.1) is 6.92 Å². The predicted octanol–water partition coefficient (Wildman–Crippen LogP) is 1.68. The summed E-state index contributed by atoms with van der Waals surface area (Å²) < 4.78 is 9.30. The molecule has 1 heterocycles. The lowest BCUT2D eigenvalue weighted by atomic mass is 10.0. The Morgan fingerprint density at radius 2 is 2.10 bits per heavy atom. The number of H-pyrrole nitrogens is 1. The fourth-order valence-electron chi connectivity index (χ4n) is 1.79. The lowest BCUT2D eigenvalue weighted by Gasteiger charge is -2.02. The van der Waals surface area contributed by atoms with E-state index in [1.807, 2.05) is 13.0 Å². The summed E-state index contributed by atoms with van der Waals surface area (Å²) in [6.07, 6.45) is 0. The molecule has 0 saturated heterocycles. The van der Waals surface area contributed by atoms with E-state index in [4.69, 9.17) is 4.74 Å². The predicted molar refractivity (Wildman–Crippen MR) is 69.9 cm³/mol. The molecule has 0 fully saturated rings. The van der Waals surface area contributed by atoms with Crippen molar-refractivity contribution in [2.75, 3.05) is 6.61 Å². The number of nitrogens with one attached hydrogen (secondary N) is 1. The number of benzene rings is 1. The Bertz CT molecular complexity index is 710. The fourth-order valence-corrected chi connectivity index (χ4v) is 1.79. The van der Waals surface area contributed by atoms with Crippen LogP contribution in [-0.4, -0.2) is 23.5 Å². The van der Waals surface area contributed by atoms with Gasteiger partial charge in [0.15, 0.2) is 5.69 Å². The van der Waals surface area contributed by atoms with Gasteiger partial charge < -0.3 is 9.26 Å². The van der Waals surface area contributed by atoms with Crippen LogP contribution in [-0.2, 0) is 4.74 Å². The number of rotatable bonds is 4.